The van der Waals surface area contributed by atoms with Gasteiger partial charge in [-0.2, -0.15) is 0 Å². The fourth-order valence-electron chi connectivity index (χ4n) is 2.40. The summed E-state index contributed by atoms with van der Waals surface area (Å²) in [6.45, 7) is 1.75. The molecule has 1 N–H and O–H groups in total. The minimum Gasteiger partial charge on any atom is -0.493 e. The van der Waals surface area contributed by atoms with Crippen molar-refractivity contribution in [3.05, 3.63) is 23.8 Å². The van der Waals surface area contributed by atoms with Crippen LogP contribution in [0, 0.1) is 0 Å². The number of hydrogen-bond donors (Lipinski definition) is 1. The van der Waals surface area contributed by atoms with E-state index in [9.17, 15) is 5.11 Å². The number of aliphatic hydroxyl groups excluding tert-OH is 1. The van der Waals surface area contributed by atoms with Crippen LogP contribution in [0.15, 0.2) is 18.2 Å². The molecule has 0 unspecified atom stereocenters. The van der Waals surface area contributed by atoms with Crippen LogP contribution in [-0.2, 0) is 0 Å². The van der Waals surface area contributed by atoms with Crippen LogP contribution < -0.4 is 9.47 Å². The summed E-state index contributed by atoms with van der Waals surface area (Å²) in [5.74, 6) is 1.49. The van der Waals surface area contributed by atoms with Crippen molar-refractivity contribution in [2.24, 2.45) is 0 Å². The molecule has 0 aromatic heterocycles. The molecule has 1 aliphatic rings. The maximum atomic E-state index is 9.56. The lowest BCUT2D eigenvalue weighted by Gasteiger charge is -2.24. The van der Waals surface area contributed by atoms with Gasteiger partial charge in [0.05, 0.1) is 19.3 Å². The van der Waals surface area contributed by atoms with Gasteiger partial charge < -0.3 is 14.6 Å². The molecule has 2 rings (SSSR count). The van der Waals surface area contributed by atoms with Crippen LogP contribution in [0.4, 0.5) is 0 Å². The van der Waals surface area contributed by atoms with Gasteiger partial charge >= 0.3 is 0 Å². The number of ether oxygens (including phenoxy) is 2. The van der Waals surface area contributed by atoms with E-state index in [1.807, 2.05) is 18.2 Å². The summed E-state index contributed by atoms with van der Waals surface area (Å²) in [4.78, 5) is 0. The van der Waals surface area contributed by atoms with Crippen LogP contribution >= 0.6 is 0 Å². The molecule has 3 heteroatoms. The molecule has 1 fully saturated rings. The highest BCUT2D eigenvalue weighted by Crippen LogP contribution is 2.33. The summed E-state index contributed by atoms with van der Waals surface area (Å²) >= 11 is 0. The molecule has 100 valence electrons. The molecule has 1 saturated carbocycles. The normalized spacial score (nSPS) is 18.4. The molecule has 1 aromatic rings. The number of aliphatic hydroxyl groups is 1. The zero-order valence-electron chi connectivity index (χ0n) is 11.2. The Bertz CT molecular complexity index is 381. The van der Waals surface area contributed by atoms with Gasteiger partial charge in [0.1, 0.15) is 0 Å². The fraction of sp³-hybridized carbons (Fsp3) is 0.600. The molecule has 1 atom stereocenters. The van der Waals surface area contributed by atoms with E-state index in [0.29, 0.717) is 11.9 Å². The van der Waals surface area contributed by atoms with Crippen LogP contribution in [0.5, 0.6) is 11.5 Å². The Kier molecular flexibility index (Phi) is 4.48. The molecule has 0 aliphatic heterocycles. The van der Waals surface area contributed by atoms with Crippen LogP contribution in [0.2, 0.25) is 0 Å². The van der Waals surface area contributed by atoms with Crippen molar-refractivity contribution in [2.45, 2.75) is 51.2 Å². The zero-order valence-corrected chi connectivity index (χ0v) is 11.2. The van der Waals surface area contributed by atoms with E-state index < -0.39 is 6.10 Å². The summed E-state index contributed by atoms with van der Waals surface area (Å²) in [5, 5.41) is 9.56. The van der Waals surface area contributed by atoms with Crippen molar-refractivity contribution in [3.8, 4) is 11.5 Å². The van der Waals surface area contributed by atoms with Gasteiger partial charge in [0.25, 0.3) is 0 Å². The standard InChI is InChI=1S/C15H22O3/c1-11(16)12-8-9-14(15(10-12)17-2)18-13-6-4-3-5-7-13/h8-11,13,16H,3-7H2,1-2H3/t11-/m0/s1. The van der Waals surface area contributed by atoms with Crippen LogP contribution in [0.25, 0.3) is 0 Å². The molecule has 0 bridgehead atoms. The van der Waals surface area contributed by atoms with E-state index >= 15 is 0 Å². The second-order valence-electron chi connectivity index (χ2n) is 4.96. The minimum atomic E-state index is -0.484. The van der Waals surface area contributed by atoms with Gasteiger partial charge in [-0.25, -0.2) is 0 Å². The molecule has 0 spiro atoms. The van der Waals surface area contributed by atoms with E-state index in [-0.39, 0.29) is 0 Å². The number of methoxy groups -OCH3 is 1. The minimum absolute atomic E-state index is 0.310. The second kappa shape index (κ2) is 6.10. The molecule has 0 heterocycles. The van der Waals surface area contributed by atoms with E-state index in [2.05, 4.69) is 0 Å². The van der Waals surface area contributed by atoms with Crippen molar-refractivity contribution in [1.82, 2.24) is 0 Å². The lowest BCUT2D eigenvalue weighted by Crippen LogP contribution is -2.19. The molecule has 0 radical (unpaired) electrons. The van der Waals surface area contributed by atoms with E-state index in [0.717, 1.165) is 24.2 Å². The Morgan fingerprint density at radius 3 is 2.50 bits per heavy atom. The number of hydrogen-bond acceptors (Lipinski definition) is 3. The van der Waals surface area contributed by atoms with Crippen LogP contribution in [0.3, 0.4) is 0 Å². The highest BCUT2D eigenvalue weighted by Gasteiger charge is 2.17. The van der Waals surface area contributed by atoms with Gasteiger partial charge in [0.15, 0.2) is 11.5 Å². The van der Waals surface area contributed by atoms with Gasteiger partial charge in [0.2, 0.25) is 0 Å². The number of rotatable bonds is 4. The summed E-state index contributed by atoms with van der Waals surface area (Å²) in [5.41, 5.74) is 0.850. The summed E-state index contributed by atoms with van der Waals surface area (Å²) in [6, 6.07) is 5.64. The van der Waals surface area contributed by atoms with Gasteiger partial charge in [0, 0.05) is 0 Å². The first-order chi connectivity index (χ1) is 8.70. The summed E-state index contributed by atoms with van der Waals surface area (Å²) < 4.78 is 11.3. The van der Waals surface area contributed by atoms with Gasteiger partial charge in [-0.15, -0.1) is 0 Å². The third-order valence-electron chi connectivity index (χ3n) is 3.52. The summed E-state index contributed by atoms with van der Waals surface area (Å²) in [7, 11) is 1.63. The average Bonchev–Trinajstić information content (AvgIpc) is 2.40. The van der Waals surface area contributed by atoms with Gasteiger partial charge in [-0.3, -0.25) is 0 Å². The highest BCUT2D eigenvalue weighted by atomic mass is 16.5. The lowest BCUT2D eigenvalue weighted by atomic mass is 9.98. The van der Waals surface area contributed by atoms with E-state index in [1.54, 1.807) is 14.0 Å². The molecule has 18 heavy (non-hydrogen) atoms. The Balaban J connectivity index is 2.11. The lowest BCUT2D eigenvalue weighted by molar-refractivity contribution is 0.149. The maximum absolute atomic E-state index is 9.56. The van der Waals surface area contributed by atoms with Crippen LogP contribution in [0.1, 0.15) is 50.7 Å². The Labute approximate surface area is 109 Å². The Morgan fingerprint density at radius 2 is 1.89 bits per heavy atom. The first-order valence-corrected chi connectivity index (χ1v) is 6.73. The molecule has 0 amide bonds. The van der Waals surface area contributed by atoms with Crippen molar-refractivity contribution in [2.75, 3.05) is 7.11 Å². The first kappa shape index (κ1) is 13.2. The van der Waals surface area contributed by atoms with Gasteiger partial charge in [-0.05, 0) is 50.3 Å². The van der Waals surface area contributed by atoms with Crippen molar-refractivity contribution >= 4 is 0 Å². The predicted molar refractivity (Wildman–Crippen MR) is 71.1 cm³/mol. The smallest absolute Gasteiger partial charge is 0.161 e. The first-order valence-electron chi connectivity index (χ1n) is 6.73. The third kappa shape index (κ3) is 3.16. The van der Waals surface area contributed by atoms with E-state index in [4.69, 9.17) is 9.47 Å². The third-order valence-corrected chi connectivity index (χ3v) is 3.52. The average molecular weight is 250 g/mol. The van der Waals surface area contributed by atoms with Crippen molar-refractivity contribution < 1.29 is 14.6 Å². The highest BCUT2D eigenvalue weighted by molar-refractivity contribution is 5.43. The fourth-order valence-corrected chi connectivity index (χ4v) is 2.40. The second-order valence-corrected chi connectivity index (χ2v) is 4.96. The molecule has 1 aromatic carbocycles. The number of benzene rings is 1. The van der Waals surface area contributed by atoms with Crippen LogP contribution in [-0.4, -0.2) is 18.3 Å². The largest absolute Gasteiger partial charge is 0.493 e. The molecular weight excluding hydrogens is 228 g/mol. The Hall–Kier alpha value is -1.22. The topological polar surface area (TPSA) is 38.7 Å². The molecule has 3 nitrogen and oxygen atoms in total. The monoisotopic (exact) mass is 250 g/mol. The maximum Gasteiger partial charge on any atom is 0.161 e. The van der Waals surface area contributed by atoms with E-state index in [1.165, 1.54) is 19.3 Å². The summed E-state index contributed by atoms with van der Waals surface area (Å²) in [6.07, 6.45) is 5.89. The molecule has 0 saturated heterocycles. The van der Waals surface area contributed by atoms with Crippen molar-refractivity contribution in [1.29, 1.82) is 0 Å². The van der Waals surface area contributed by atoms with Gasteiger partial charge in [-0.1, -0.05) is 12.5 Å². The molecule has 1 aliphatic carbocycles. The quantitative estimate of drug-likeness (QED) is 0.889. The zero-order chi connectivity index (χ0) is 13.0. The SMILES string of the molecule is COc1cc([C@H](C)O)ccc1OC1CCCCC1. The molecular formula is C15H22O3. The van der Waals surface area contributed by atoms with Crippen molar-refractivity contribution in [3.63, 3.8) is 0 Å². The predicted octanol–water partition coefficient (Wildman–Crippen LogP) is 3.46. The Morgan fingerprint density at radius 1 is 1.17 bits per heavy atom.